The average molecular weight is 256 g/mol. The fourth-order valence-corrected chi connectivity index (χ4v) is 1.80. The second-order valence-electron chi connectivity index (χ2n) is 3.78. The highest BCUT2D eigenvalue weighted by molar-refractivity contribution is 7.21. The summed E-state index contributed by atoms with van der Waals surface area (Å²) in [5, 5.41) is 0. The van der Waals surface area contributed by atoms with Crippen LogP contribution in [0.4, 0.5) is 0 Å². The van der Waals surface area contributed by atoms with Crippen molar-refractivity contribution in [2.24, 2.45) is 0 Å². The molecule has 0 unspecified atom stereocenters. The Morgan fingerprint density at radius 1 is 0.944 bits per heavy atom. The van der Waals surface area contributed by atoms with E-state index in [1.54, 1.807) is 0 Å². The van der Waals surface area contributed by atoms with Gasteiger partial charge in [0, 0.05) is 5.80 Å². The maximum absolute atomic E-state index is 11.4. The molecule has 90 valence electrons. The van der Waals surface area contributed by atoms with Crippen molar-refractivity contribution in [2.45, 2.75) is 6.10 Å². The molecular formula is C15H13O2P. The Kier molecular flexibility index (Phi) is 4.27. The van der Waals surface area contributed by atoms with Gasteiger partial charge in [-0.2, -0.15) is 0 Å². The lowest BCUT2D eigenvalue weighted by molar-refractivity contribution is -0.138. The molecule has 0 saturated heterocycles. The maximum Gasteiger partial charge on any atom is 0.335 e. The van der Waals surface area contributed by atoms with Crippen molar-refractivity contribution in [3.8, 4) is 0 Å². The van der Waals surface area contributed by atoms with Crippen LogP contribution < -0.4 is 0 Å². The predicted molar refractivity (Wildman–Crippen MR) is 75.2 cm³/mol. The first-order chi connectivity index (χ1) is 8.81. The van der Waals surface area contributed by atoms with E-state index in [9.17, 15) is 4.79 Å². The van der Waals surface area contributed by atoms with Gasteiger partial charge in [0.25, 0.3) is 0 Å². The number of carbonyl (C=O) groups excluding carboxylic acids is 1. The van der Waals surface area contributed by atoms with Crippen molar-refractivity contribution in [1.29, 1.82) is 0 Å². The Labute approximate surface area is 108 Å². The number of rotatable bonds is 4. The minimum Gasteiger partial charge on any atom is -0.449 e. The van der Waals surface area contributed by atoms with Gasteiger partial charge in [-0.15, -0.1) is 8.86 Å². The highest BCUT2D eigenvalue weighted by Crippen LogP contribution is 2.25. The van der Waals surface area contributed by atoms with E-state index in [4.69, 9.17) is 4.74 Å². The number of carbonyl (C=O) groups is 1. The fourth-order valence-electron chi connectivity index (χ4n) is 1.73. The first-order valence-corrected chi connectivity index (χ1v) is 6.20. The summed E-state index contributed by atoms with van der Waals surface area (Å²) in [6.45, 7) is 0. The van der Waals surface area contributed by atoms with Gasteiger partial charge in [-0.25, -0.2) is 4.79 Å². The molecule has 3 heteroatoms. The minimum absolute atomic E-state index is 0.382. The van der Waals surface area contributed by atoms with Crippen molar-refractivity contribution < 1.29 is 9.53 Å². The standard InChI is InChI=1S/C15H13O2P/c16-14(11-18)17-15(12-7-3-1-4-8-12)13-9-5-2-6-10-13/h1-11,15,18H. The number of ether oxygens (including phenoxy) is 1. The van der Waals surface area contributed by atoms with Gasteiger partial charge >= 0.3 is 5.97 Å². The normalized spacial score (nSPS) is 10.1. The molecule has 2 rings (SSSR count). The lowest BCUT2D eigenvalue weighted by Gasteiger charge is -2.17. The average Bonchev–Trinajstić information content (AvgIpc) is 2.46. The van der Waals surface area contributed by atoms with Gasteiger partial charge in [-0.05, 0) is 11.1 Å². The molecule has 0 aromatic heterocycles. The molecule has 0 saturated carbocycles. The van der Waals surface area contributed by atoms with Crippen molar-refractivity contribution in [3.05, 3.63) is 71.8 Å². The number of benzene rings is 2. The highest BCUT2D eigenvalue weighted by atomic mass is 31.0. The van der Waals surface area contributed by atoms with E-state index >= 15 is 0 Å². The SMILES string of the molecule is O=C(C=P)OC(c1ccccc1)c1ccccc1. The zero-order valence-corrected chi connectivity index (χ0v) is 10.7. The first kappa shape index (κ1) is 12.5. The molecular weight excluding hydrogens is 243 g/mol. The van der Waals surface area contributed by atoms with Crippen molar-refractivity contribution in [3.63, 3.8) is 0 Å². The third-order valence-electron chi connectivity index (χ3n) is 2.56. The quantitative estimate of drug-likeness (QED) is 0.620. The van der Waals surface area contributed by atoms with Crippen LogP contribution in [0.5, 0.6) is 0 Å². The van der Waals surface area contributed by atoms with E-state index in [1.807, 2.05) is 60.7 Å². The van der Waals surface area contributed by atoms with Crippen LogP contribution >= 0.6 is 8.86 Å². The molecule has 18 heavy (non-hydrogen) atoms. The Bertz CT molecular complexity index is 483. The molecule has 0 heterocycles. The van der Waals surface area contributed by atoms with Gasteiger partial charge in [-0.3, -0.25) is 0 Å². The topological polar surface area (TPSA) is 26.3 Å². The lowest BCUT2D eigenvalue weighted by atomic mass is 10.0. The van der Waals surface area contributed by atoms with Crippen molar-refractivity contribution >= 4 is 20.6 Å². The Balaban J connectivity index is 2.35. The van der Waals surface area contributed by atoms with E-state index < -0.39 is 5.97 Å². The third kappa shape index (κ3) is 3.06. The van der Waals surface area contributed by atoms with Gasteiger partial charge in [0.05, 0.1) is 0 Å². The summed E-state index contributed by atoms with van der Waals surface area (Å²) in [4.78, 5) is 11.4. The molecule has 2 nitrogen and oxygen atoms in total. The molecule has 0 amide bonds. The minimum atomic E-state index is -0.399. The molecule has 0 bridgehead atoms. The zero-order valence-electron chi connectivity index (χ0n) is 9.74. The summed E-state index contributed by atoms with van der Waals surface area (Å²) in [6.07, 6.45) is -0.382. The van der Waals surface area contributed by atoms with Crippen LogP contribution in [0.2, 0.25) is 0 Å². The van der Waals surface area contributed by atoms with Gasteiger partial charge in [-0.1, -0.05) is 60.7 Å². The lowest BCUT2D eigenvalue weighted by Crippen LogP contribution is -2.12. The molecule has 2 aromatic rings. The summed E-state index contributed by atoms with van der Waals surface area (Å²) in [5.74, 6) is 0.836. The van der Waals surface area contributed by atoms with E-state index in [2.05, 4.69) is 8.86 Å². The smallest absolute Gasteiger partial charge is 0.335 e. The van der Waals surface area contributed by atoms with Crippen LogP contribution in [0.25, 0.3) is 0 Å². The molecule has 0 fully saturated rings. The highest BCUT2D eigenvalue weighted by Gasteiger charge is 2.16. The second-order valence-corrected chi connectivity index (χ2v) is 4.07. The van der Waals surface area contributed by atoms with Crippen LogP contribution in [0.3, 0.4) is 0 Å². The molecule has 0 N–H and O–H groups in total. The van der Waals surface area contributed by atoms with Crippen LogP contribution in [-0.4, -0.2) is 11.8 Å². The molecule has 0 aliphatic heterocycles. The molecule has 0 aliphatic carbocycles. The largest absolute Gasteiger partial charge is 0.449 e. The summed E-state index contributed by atoms with van der Waals surface area (Å²) in [5.41, 5.74) is 1.90. The van der Waals surface area contributed by atoms with E-state index in [1.165, 1.54) is 5.80 Å². The van der Waals surface area contributed by atoms with E-state index in [-0.39, 0.29) is 6.10 Å². The Morgan fingerprint density at radius 3 is 1.78 bits per heavy atom. The van der Waals surface area contributed by atoms with Crippen molar-refractivity contribution in [1.82, 2.24) is 0 Å². The van der Waals surface area contributed by atoms with Gasteiger partial charge in [0.15, 0.2) is 6.10 Å². The molecule has 0 spiro atoms. The van der Waals surface area contributed by atoms with E-state index in [0.717, 1.165) is 11.1 Å². The monoisotopic (exact) mass is 256 g/mol. The van der Waals surface area contributed by atoms with Gasteiger partial charge in [0.2, 0.25) is 0 Å². The summed E-state index contributed by atoms with van der Waals surface area (Å²) >= 11 is 0. The van der Waals surface area contributed by atoms with Gasteiger partial charge < -0.3 is 4.74 Å². The second kappa shape index (κ2) is 6.13. The van der Waals surface area contributed by atoms with Gasteiger partial charge in [0.1, 0.15) is 0 Å². The maximum atomic E-state index is 11.4. The number of hydrogen-bond acceptors (Lipinski definition) is 2. The zero-order chi connectivity index (χ0) is 12.8. The summed E-state index contributed by atoms with van der Waals surface area (Å²) < 4.78 is 5.43. The third-order valence-corrected chi connectivity index (χ3v) is 2.79. The van der Waals surface area contributed by atoms with Crippen LogP contribution in [0.15, 0.2) is 60.7 Å². The van der Waals surface area contributed by atoms with E-state index in [0.29, 0.717) is 0 Å². The summed E-state index contributed by atoms with van der Waals surface area (Å²) in [6, 6.07) is 19.3. The number of hydrogen-bond donors (Lipinski definition) is 0. The van der Waals surface area contributed by atoms with Crippen LogP contribution in [0, 0.1) is 0 Å². The molecule has 0 aliphatic rings. The Morgan fingerprint density at radius 2 is 1.39 bits per heavy atom. The fraction of sp³-hybridized carbons (Fsp3) is 0.0667. The van der Waals surface area contributed by atoms with Crippen LogP contribution in [-0.2, 0) is 9.53 Å². The first-order valence-electron chi connectivity index (χ1n) is 5.62. The Hall–Kier alpha value is -1.92. The number of esters is 1. The predicted octanol–water partition coefficient (Wildman–Crippen LogP) is 3.26. The molecule has 0 atom stereocenters. The van der Waals surface area contributed by atoms with Crippen LogP contribution in [0.1, 0.15) is 17.2 Å². The summed E-state index contributed by atoms with van der Waals surface area (Å²) in [7, 11) is 3.04. The molecule has 2 aromatic carbocycles. The molecule has 0 radical (unpaired) electrons. The van der Waals surface area contributed by atoms with Crippen molar-refractivity contribution in [2.75, 3.05) is 0 Å².